The van der Waals surface area contributed by atoms with Gasteiger partial charge in [0.15, 0.2) is 0 Å². The van der Waals surface area contributed by atoms with E-state index in [-0.39, 0.29) is 5.92 Å². The molecule has 0 saturated heterocycles. The second-order valence-electron chi connectivity index (χ2n) is 14.2. The van der Waals surface area contributed by atoms with Gasteiger partial charge in [-0.1, -0.05) is 32.6 Å². The molecule has 0 saturated carbocycles. The van der Waals surface area contributed by atoms with Gasteiger partial charge in [0.2, 0.25) is 0 Å². The minimum atomic E-state index is -0.682. The Balaban J connectivity index is 5.72. The molecule has 5 N–H and O–H groups in total. The summed E-state index contributed by atoms with van der Waals surface area (Å²) in [6.45, 7) is 21.5. The van der Waals surface area contributed by atoms with Gasteiger partial charge < -0.3 is 35.9 Å². The standard InChI is InChI=1S/C32H65N5O6/c1-11-12-23-37(29(40)43-32(8,9)10)26(36-28(39)42-31(5,6)7)25(19-15-13-14-16-20-33)24-34-21-17-18-22-35-27(38)41-30(2,3)4/h25-26,34H,11-24,33H2,1-10H3,(H,35,38)(H,36,39). The molecule has 2 atom stereocenters. The van der Waals surface area contributed by atoms with Crippen LogP contribution in [0.1, 0.15) is 127 Å². The summed E-state index contributed by atoms with van der Waals surface area (Å²) in [5, 5.41) is 9.36. The van der Waals surface area contributed by atoms with E-state index in [1.54, 1.807) is 4.90 Å². The molecule has 43 heavy (non-hydrogen) atoms. The third-order valence-corrected chi connectivity index (χ3v) is 6.21. The normalized spacial score (nSPS) is 13.6. The van der Waals surface area contributed by atoms with Gasteiger partial charge in [-0.2, -0.15) is 0 Å². The molecule has 0 heterocycles. The van der Waals surface area contributed by atoms with Crippen LogP contribution in [-0.4, -0.2) is 78.9 Å². The zero-order valence-corrected chi connectivity index (χ0v) is 29.0. The predicted octanol–water partition coefficient (Wildman–Crippen LogP) is 6.29. The Labute approximate surface area is 262 Å². The number of nitrogens with two attached hydrogens (primary N) is 1. The Hall–Kier alpha value is -2.27. The first-order valence-corrected chi connectivity index (χ1v) is 16.2. The van der Waals surface area contributed by atoms with E-state index in [1.165, 1.54) is 0 Å². The quantitative estimate of drug-likeness (QED) is 0.0753. The van der Waals surface area contributed by atoms with E-state index in [0.717, 1.165) is 64.3 Å². The molecule has 0 aromatic heterocycles. The summed E-state index contributed by atoms with van der Waals surface area (Å²) in [6.07, 6.45) is 6.00. The molecule has 0 aromatic carbocycles. The molecule has 3 amide bonds. The van der Waals surface area contributed by atoms with Gasteiger partial charge in [-0.3, -0.25) is 4.90 Å². The van der Waals surface area contributed by atoms with Crippen molar-refractivity contribution in [2.24, 2.45) is 11.7 Å². The maximum Gasteiger partial charge on any atom is 0.411 e. The van der Waals surface area contributed by atoms with Crippen LogP contribution in [0.4, 0.5) is 14.4 Å². The molecule has 0 fully saturated rings. The molecule has 254 valence electrons. The topological polar surface area (TPSA) is 144 Å². The molecular weight excluding hydrogens is 550 g/mol. The second-order valence-corrected chi connectivity index (χ2v) is 14.2. The summed E-state index contributed by atoms with van der Waals surface area (Å²) in [7, 11) is 0. The molecule has 0 rings (SSSR count). The lowest BCUT2D eigenvalue weighted by molar-refractivity contribution is -0.00180. The van der Waals surface area contributed by atoms with Crippen molar-refractivity contribution in [1.29, 1.82) is 0 Å². The SMILES string of the molecule is CCCCN(C(=O)OC(C)(C)C)C(NC(=O)OC(C)(C)C)C(CCCCCCN)CNCCCCNC(=O)OC(C)(C)C. The smallest absolute Gasteiger partial charge is 0.411 e. The number of hydrogen-bond acceptors (Lipinski definition) is 8. The van der Waals surface area contributed by atoms with Crippen LogP contribution in [0.5, 0.6) is 0 Å². The van der Waals surface area contributed by atoms with Crippen LogP contribution in [0.25, 0.3) is 0 Å². The van der Waals surface area contributed by atoms with Crippen LogP contribution < -0.4 is 21.7 Å². The van der Waals surface area contributed by atoms with Crippen LogP contribution >= 0.6 is 0 Å². The number of nitrogens with zero attached hydrogens (tertiary/aromatic N) is 1. The Bertz CT molecular complexity index is 789. The number of unbranched alkanes of at least 4 members (excludes halogenated alkanes) is 5. The van der Waals surface area contributed by atoms with Crippen molar-refractivity contribution in [3.8, 4) is 0 Å². The van der Waals surface area contributed by atoms with Crippen molar-refractivity contribution < 1.29 is 28.6 Å². The molecule has 0 radical (unpaired) electrons. The Morgan fingerprint density at radius 1 is 0.721 bits per heavy atom. The second kappa shape index (κ2) is 20.6. The number of nitrogens with one attached hydrogen (secondary N) is 3. The lowest BCUT2D eigenvalue weighted by Crippen LogP contribution is -2.58. The predicted molar refractivity (Wildman–Crippen MR) is 173 cm³/mol. The van der Waals surface area contributed by atoms with Crippen LogP contribution in [0.2, 0.25) is 0 Å². The van der Waals surface area contributed by atoms with Crippen LogP contribution in [0.15, 0.2) is 0 Å². The van der Waals surface area contributed by atoms with Gasteiger partial charge in [0.1, 0.15) is 23.0 Å². The highest BCUT2D eigenvalue weighted by Gasteiger charge is 2.35. The van der Waals surface area contributed by atoms with E-state index in [0.29, 0.717) is 26.2 Å². The number of amides is 3. The zero-order valence-electron chi connectivity index (χ0n) is 29.0. The maximum absolute atomic E-state index is 13.5. The van der Waals surface area contributed by atoms with E-state index < -0.39 is 41.2 Å². The maximum atomic E-state index is 13.5. The molecule has 0 bridgehead atoms. The highest BCUT2D eigenvalue weighted by molar-refractivity contribution is 5.72. The lowest BCUT2D eigenvalue weighted by atomic mass is 9.96. The van der Waals surface area contributed by atoms with Gasteiger partial charge in [-0.25, -0.2) is 14.4 Å². The molecule has 0 aliphatic heterocycles. The molecule has 11 nitrogen and oxygen atoms in total. The molecule has 0 spiro atoms. The summed E-state index contributed by atoms with van der Waals surface area (Å²) in [5.41, 5.74) is 3.80. The van der Waals surface area contributed by atoms with Gasteiger partial charge >= 0.3 is 18.3 Å². The van der Waals surface area contributed by atoms with Crippen molar-refractivity contribution >= 4 is 18.3 Å². The van der Waals surface area contributed by atoms with Crippen molar-refractivity contribution in [2.75, 3.05) is 32.7 Å². The van der Waals surface area contributed by atoms with E-state index >= 15 is 0 Å². The highest BCUT2D eigenvalue weighted by atomic mass is 16.6. The van der Waals surface area contributed by atoms with Crippen molar-refractivity contribution in [1.82, 2.24) is 20.9 Å². The fourth-order valence-corrected chi connectivity index (χ4v) is 4.31. The van der Waals surface area contributed by atoms with Crippen LogP contribution in [0, 0.1) is 5.92 Å². The zero-order chi connectivity index (χ0) is 33.1. The number of carbonyl (C=O) groups excluding carboxylic acids is 3. The van der Waals surface area contributed by atoms with E-state index in [9.17, 15) is 14.4 Å². The Morgan fingerprint density at radius 3 is 1.84 bits per heavy atom. The minimum absolute atomic E-state index is 0.0883. The first kappa shape index (κ1) is 40.7. The number of rotatable bonds is 19. The third-order valence-electron chi connectivity index (χ3n) is 6.21. The first-order chi connectivity index (χ1) is 19.9. The van der Waals surface area contributed by atoms with Crippen molar-refractivity contribution in [2.45, 2.75) is 150 Å². The summed E-state index contributed by atoms with van der Waals surface area (Å²) >= 11 is 0. The van der Waals surface area contributed by atoms with E-state index in [1.807, 2.05) is 62.3 Å². The van der Waals surface area contributed by atoms with Gasteiger partial charge in [0.05, 0.1) is 0 Å². The van der Waals surface area contributed by atoms with Crippen molar-refractivity contribution in [3.05, 3.63) is 0 Å². The monoisotopic (exact) mass is 615 g/mol. The van der Waals surface area contributed by atoms with Gasteiger partial charge in [0, 0.05) is 25.6 Å². The fraction of sp³-hybridized carbons (Fsp3) is 0.906. The average Bonchev–Trinajstić information content (AvgIpc) is 2.83. The number of alkyl carbamates (subject to hydrolysis) is 2. The molecular formula is C32H65N5O6. The van der Waals surface area contributed by atoms with Crippen LogP contribution in [-0.2, 0) is 14.2 Å². The number of hydrogen-bond donors (Lipinski definition) is 4. The minimum Gasteiger partial charge on any atom is -0.444 e. The highest BCUT2D eigenvalue weighted by Crippen LogP contribution is 2.22. The van der Waals surface area contributed by atoms with E-state index in [4.69, 9.17) is 19.9 Å². The Kier molecular flexibility index (Phi) is 19.6. The summed E-state index contributed by atoms with van der Waals surface area (Å²) < 4.78 is 16.7. The van der Waals surface area contributed by atoms with Gasteiger partial charge in [-0.05, 0) is 108 Å². The van der Waals surface area contributed by atoms with Gasteiger partial charge in [0.25, 0.3) is 0 Å². The molecule has 0 aliphatic rings. The summed E-state index contributed by atoms with van der Waals surface area (Å²) in [6, 6.07) is 0. The number of carbonyl (C=O) groups is 3. The molecule has 0 aromatic rings. The largest absolute Gasteiger partial charge is 0.444 e. The Morgan fingerprint density at radius 2 is 1.28 bits per heavy atom. The van der Waals surface area contributed by atoms with Crippen LogP contribution in [0.3, 0.4) is 0 Å². The average molecular weight is 616 g/mol. The van der Waals surface area contributed by atoms with Crippen molar-refractivity contribution in [3.63, 3.8) is 0 Å². The third kappa shape index (κ3) is 22.9. The summed E-state index contributed by atoms with van der Waals surface area (Å²) in [5.74, 6) is -0.0883. The summed E-state index contributed by atoms with van der Waals surface area (Å²) in [4.78, 5) is 40.1. The first-order valence-electron chi connectivity index (χ1n) is 16.2. The number of ether oxygens (including phenoxy) is 3. The molecule has 11 heteroatoms. The van der Waals surface area contributed by atoms with E-state index in [2.05, 4.69) is 22.9 Å². The van der Waals surface area contributed by atoms with Gasteiger partial charge in [-0.15, -0.1) is 0 Å². The molecule has 0 aliphatic carbocycles. The fourth-order valence-electron chi connectivity index (χ4n) is 4.31. The lowest BCUT2D eigenvalue weighted by Gasteiger charge is -2.39. The molecule has 2 unspecified atom stereocenters.